The van der Waals surface area contributed by atoms with Gasteiger partial charge in [0.2, 0.25) is 5.96 Å². The van der Waals surface area contributed by atoms with Gasteiger partial charge in [0.05, 0.1) is 0 Å². The molecule has 1 atom stereocenters. The lowest BCUT2D eigenvalue weighted by Gasteiger charge is -2.20. The smallest absolute Gasteiger partial charge is 0.205 e. The van der Waals surface area contributed by atoms with Crippen molar-refractivity contribution in [3.05, 3.63) is 0 Å². The summed E-state index contributed by atoms with van der Waals surface area (Å²) in [4.78, 5) is 6.30. The van der Waals surface area contributed by atoms with Gasteiger partial charge in [-0.1, -0.05) is 0 Å². The second kappa shape index (κ2) is 5.04. The van der Waals surface area contributed by atoms with Gasteiger partial charge < -0.3 is 10.2 Å². The number of hydrazine groups is 1. The van der Waals surface area contributed by atoms with E-state index >= 15 is 0 Å². The molecule has 0 aromatic rings. The standard InChI is InChI=1S/C8H19N5/c1-10-8(12-9)11-6-7-4-3-5-13(7)2/h7H,3-6,9H2,1-2H3,(H2,10,11,12). The summed E-state index contributed by atoms with van der Waals surface area (Å²) in [7, 11) is 3.86. The topological polar surface area (TPSA) is 65.7 Å². The van der Waals surface area contributed by atoms with Crippen LogP contribution in [-0.2, 0) is 0 Å². The Morgan fingerprint density at radius 2 is 2.46 bits per heavy atom. The molecule has 4 N–H and O–H groups in total. The minimum atomic E-state index is 0.616. The van der Waals surface area contributed by atoms with E-state index in [-0.39, 0.29) is 0 Å². The van der Waals surface area contributed by atoms with Gasteiger partial charge >= 0.3 is 0 Å². The molecule has 0 saturated carbocycles. The number of likely N-dealkylation sites (N-methyl/N-ethyl adjacent to an activating group) is 1. The number of nitrogens with one attached hydrogen (secondary N) is 2. The van der Waals surface area contributed by atoms with Crippen molar-refractivity contribution in [1.82, 2.24) is 15.6 Å². The molecule has 1 heterocycles. The second-order valence-electron chi connectivity index (χ2n) is 3.37. The molecule has 1 saturated heterocycles. The van der Waals surface area contributed by atoms with Crippen LogP contribution >= 0.6 is 0 Å². The first-order chi connectivity index (χ1) is 6.27. The van der Waals surface area contributed by atoms with E-state index in [1.165, 1.54) is 19.4 Å². The number of nitrogens with two attached hydrogens (primary N) is 1. The fraction of sp³-hybridized carbons (Fsp3) is 0.875. The summed E-state index contributed by atoms with van der Waals surface area (Å²) in [6, 6.07) is 0.616. The number of guanidine groups is 1. The molecule has 5 nitrogen and oxygen atoms in total. The summed E-state index contributed by atoms with van der Waals surface area (Å²) >= 11 is 0. The van der Waals surface area contributed by atoms with Crippen LogP contribution < -0.4 is 16.6 Å². The van der Waals surface area contributed by atoms with Crippen molar-refractivity contribution >= 4 is 5.96 Å². The minimum absolute atomic E-state index is 0.616. The molecule has 0 bridgehead atoms. The summed E-state index contributed by atoms with van der Waals surface area (Å²) < 4.78 is 0. The van der Waals surface area contributed by atoms with E-state index in [1.807, 2.05) is 0 Å². The van der Waals surface area contributed by atoms with Crippen LogP contribution in [0.15, 0.2) is 4.99 Å². The number of hydrogen-bond acceptors (Lipinski definition) is 3. The zero-order valence-corrected chi connectivity index (χ0v) is 8.38. The van der Waals surface area contributed by atoms with Gasteiger partial charge in [0.15, 0.2) is 0 Å². The van der Waals surface area contributed by atoms with Gasteiger partial charge in [-0.05, 0) is 26.4 Å². The number of nitrogens with zero attached hydrogens (tertiary/aromatic N) is 2. The molecular formula is C8H19N5. The molecule has 1 fully saturated rings. The molecule has 5 heteroatoms. The average molecular weight is 185 g/mol. The largest absolute Gasteiger partial charge is 0.354 e. The summed E-state index contributed by atoms with van der Waals surface area (Å²) in [6.07, 6.45) is 2.54. The Balaban J connectivity index is 2.25. The van der Waals surface area contributed by atoms with Gasteiger partial charge in [0.1, 0.15) is 0 Å². The lowest BCUT2D eigenvalue weighted by molar-refractivity contribution is 0.309. The zero-order chi connectivity index (χ0) is 9.68. The summed E-state index contributed by atoms with van der Waals surface area (Å²) in [5.41, 5.74) is 2.51. The van der Waals surface area contributed by atoms with Crippen LogP contribution in [0.1, 0.15) is 12.8 Å². The third kappa shape index (κ3) is 2.86. The highest BCUT2D eigenvalue weighted by Crippen LogP contribution is 2.13. The van der Waals surface area contributed by atoms with Crippen LogP contribution in [0.4, 0.5) is 0 Å². The predicted molar refractivity (Wildman–Crippen MR) is 54.3 cm³/mol. The molecule has 0 aromatic heterocycles. The highest BCUT2D eigenvalue weighted by atomic mass is 15.3. The Hall–Kier alpha value is -0.810. The molecule has 0 aromatic carbocycles. The molecule has 0 radical (unpaired) electrons. The Morgan fingerprint density at radius 1 is 1.69 bits per heavy atom. The number of hydrogen-bond donors (Lipinski definition) is 3. The van der Waals surface area contributed by atoms with E-state index in [1.54, 1.807) is 7.05 Å². The first-order valence-corrected chi connectivity index (χ1v) is 4.65. The number of aliphatic imine (C=N–C) groups is 1. The molecule has 13 heavy (non-hydrogen) atoms. The van der Waals surface area contributed by atoms with Crippen LogP contribution in [-0.4, -0.2) is 44.1 Å². The SMILES string of the molecule is CN=C(NN)NCC1CCCN1C. The van der Waals surface area contributed by atoms with Crippen LogP contribution in [0.2, 0.25) is 0 Å². The van der Waals surface area contributed by atoms with E-state index < -0.39 is 0 Å². The fourth-order valence-electron chi connectivity index (χ4n) is 1.65. The Labute approximate surface area is 79.4 Å². The van der Waals surface area contributed by atoms with Crippen molar-refractivity contribution in [1.29, 1.82) is 0 Å². The minimum Gasteiger partial charge on any atom is -0.354 e. The zero-order valence-electron chi connectivity index (χ0n) is 8.38. The molecule has 0 aliphatic carbocycles. The maximum absolute atomic E-state index is 5.25. The highest BCUT2D eigenvalue weighted by Gasteiger charge is 2.20. The van der Waals surface area contributed by atoms with Crippen molar-refractivity contribution in [2.45, 2.75) is 18.9 Å². The van der Waals surface area contributed by atoms with Crippen molar-refractivity contribution < 1.29 is 0 Å². The van der Waals surface area contributed by atoms with E-state index in [0.29, 0.717) is 12.0 Å². The van der Waals surface area contributed by atoms with Crippen molar-refractivity contribution in [3.63, 3.8) is 0 Å². The Kier molecular flexibility index (Phi) is 3.98. The Bertz CT molecular complexity index is 179. The van der Waals surface area contributed by atoms with Crippen LogP contribution in [0.25, 0.3) is 0 Å². The van der Waals surface area contributed by atoms with Crippen molar-refractivity contribution in [2.75, 3.05) is 27.2 Å². The molecule has 0 amide bonds. The third-order valence-corrected chi connectivity index (χ3v) is 2.54. The lowest BCUT2D eigenvalue weighted by Crippen LogP contribution is -2.46. The predicted octanol–water partition coefficient (Wildman–Crippen LogP) is -0.881. The first-order valence-electron chi connectivity index (χ1n) is 4.65. The quantitative estimate of drug-likeness (QED) is 0.226. The molecular weight excluding hydrogens is 166 g/mol. The van der Waals surface area contributed by atoms with Crippen LogP contribution in [0, 0.1) is 0 Å². The average Bonchev–Trinajstić information content (AvgIpc) is 2.54. The van der Waals surface area contributed by atoms with Gasteiger partial charge in [-0.15, -0.1) is 0 Å². The van der Waals surface area contributed by atoms with Gasteiger partial charge in [-0.25, -0.2) is 5.84 Å². The molecule has 1 unspecified atom stereocenters. The van der Waals surface area contributed by atoms with E-state index in [2.05, 4.69) is 27.7 Å². The first kappa shape index (κ1) is 10.3. The molecule has 0 spiro atoms. The number of rotatable bonds is 2. The number of likely N-dealkylation sites (tertiary alicyclic amines) is 1. The van der Waals surface area contributed by atoms with E-state index in [9.17, 15) is 0 Å². The monoisotopic (exact) mass is 185 g/mol. The second-order valence-corrected chi connectivity index (χ2v) is 3.37. The van der Waals surface area contributed by atoms with Crippen molar-refractivity contribution in [3.8, 4) is 0 Å². The van der Waals surface area contributed by atoms with Crippen molar-refractivity contribution in [2.24, 2.45) is 10.8 Å². The summed E-state index contributed by atoms with van der Waals surface area (Å²) in [6.45, 7) is 2.11. The molecule has 1 aliphatic heterocycles. The molecule has 1 rings (SSSR count). The van der Waals surface area contributed by atoms with E-state index in [4.69, 9.17) is 5.84 Å². The lowest BCUT2D eigenvalue weighted by atomic mass is 10.2. The maximum atomic E-state index is 5.25. The van der Waals surface area contributed by atoms with E-state index in [0.717, 1.165) is 6.54 Å². The Morgan fingerprint density at radius 3 is 2.92 bits per heavy atom. The van der Waals surface area contributed by atoms with Crippen LogP contribution in [0.3, 0.4) is 0 Å². The van der Waals surface area contributed by atoms with Gasteiger partial charge in [0.25, 0.3) is 0 Å². The molecule has 1 aliphatic rings. The van der Waals surface area contributed by atoms with Crippen LogP contribution in [0.5, 0.6) is 0 Å². The normalized spacial score (nSPS) is 24.8. The summed E-state index contributed by atoms with van der Waals surface area (Å²) in [5, 5.41) is 3.16. The molecule has 76 valence electrons. The van der Waals surface area contributed by atoms with Gasteiger partial charge in [-0.2, -0.15) is 0 Å². The maximum Gasteiger partial charge on any atom is 0.205 e. The summed E-state index contributed by atoms with van der Waals surface area (Å²) in [5.74, 6) is 5.90. The highest BCUT2D eigenvalue weighted by molar-refractivity contribution is 5.78. The fourth-order valence-corrected chi connectivity index (χ4v) is 1.65. The van der Waals surface area contributed by atoms with Gasteiger partial charge in [-0.3, -0.25) is 10.4 Å². The third-order valence-electron chi connectivity index (χ3n) is 2.54. The van der Waals surface area contributed by atoms with Gasteiger partial charge in [0, 0.05) is 19.6 Å².